The first kappa shape index (κ1) is 21.6. The average molecular weight is 486 g/mol. The van der Waals surface area contributed by atoms with Crippen LogP contribution in [0, 0.1) is 17.2 Å². The predicted octanol–water partition coefficient (Wildman–Crippen LogP) is 4.66. The van der Waals surface area contributed by atoms with Crippen LogP contribution in [0.1, 0.15) is 38.1 Å². The highest BCUT2D eigenvalue weighted by Gasteiger charge is 2.29. The molecule has 0 aliphatic heterocycles. The van der Waals surface area contributed by atoms with Gasteiger partial charge in [0.25, 0.3) is 10.0 Å². The molecule has 1 N–H and O–H groups in total. The highest BCUT2D eigenvalue weighted by molar-refractivity contribution is 7.90. The Morgan fingerprint density at radius 2 is 1.89 bits per heavy atom. The normalized spacial score (nSPS) is 18.7. The maximum Gasteiger partial charge on any atom is 0.269 e. The summed E-state index contributed by atoms with van der Waals surface area (Å²) in [6.45, 7) is 0. The Bertz CT molecular complexity index is 1650. The monoisotopic (exact) mass is 485 g/mol. The first-order valence-corrected chi connectivity index (χ1v) is 13.1. The number of nitrogens with one attached hydrogen (secondary N) is 1. The third-order valence-corrected chi connectivity index (χ3v) is 8.63. The van der Waals surface area contributed by atoms with E-state index in [1.165, 1.54) is 3.97 Å². The summed E-state index contributed by atoms with van der Waals surface area (Å²) in [6, 6.07) is 12.7. The molecule has 0 saturated heterocycles. The Labute approximate surface area is 202 Å². The van der Waals surface area contributed by atoms with E-state index in [-0.39, 0.29) is 10.9 Å². The van der Waals surface area contributed by atoms with Crippen LogP contribution in [0.15, 0.2) is 66.1 Å². The summed E-state index contributed by atoms with van der Waals surface area (Å²) in [4.78, 5) is 9.63. The van der Waals surface area contributed by atoms with Crippen LogP contribution in [-0.4, -0.2) is 37.1 Å². The zero-order valence-electron chi connectivity index (χ0n) is 18.9. The van der Waals surface area contributed by atoms with Gasteiger partial charge in [0.1, 0.15) is 11.3 Å². The van der Waals surface area contributed by atoms with Gasteiger partial charge < -0.3 is 4.57 Å². The Kier molecular flexibility index (Phi) is 5.15. The van der Waals surface area contributed by atoms with Crippen molar-refractivity contribution in [1.29, 1.82) is 5.26 Å². The molecule has 0 spiro atoms. The van der Waals surface area contributed by atoms with E-state index in [1.807, 2.05) is 12.3 Å². The minimum absolute atomic E-state index is 0.180. The van der Waals surface area contributed by atoms with Crippen molar-refractivity contribution in [2.24, 2.45) is 5.92 Å². The number of fused-ring (bicyclic) bond motifs is 3. The van der Waals surface area contributed by atoms with E-state index in [4.69, 9.17) is 10.2 Å². The second-order valence-corrected chi connectivity index (χ2v) is 10.8. The summed E-state index contributed by atoms with van der Waals surface area (Å²) in [5.41, 5.74) is 2.82. The van der Waals surface area contributed by atoms with E-state index in [0.717, 1.165) is 48.0 Å². The molecule has 35 heavy (non-hydrogen) atoms. The van der Waals surface area contributed by atoms with Crippen molar-refractivity contribution in [3.8, 4) is 17.5 Å². The van der Waals surface area contributed by atoms with Gasteiger partial charge in [-0.1, -0.05) is 18.2 Å². The maximum absolute atomic E-state index is 13.4. The molecule has 6 rings (SSSR count). The molecule has 0 atom stereocenters. The number of aromatic amines is 1. The Morgan fingerprint density at radius 1 is 1.09 bits per heavy atom. The van der Waals surface area contributed by atoms with Gasteiger partial charge in [-0.15, -0.1) is 0 Å². The van der Waals surface area contributed by atoms with Crippen LogP contribution in [0.4, 0.5) is 0 Å². The summed E-state index contributed by atoms with van der Waals surface area (Å²) >= 11 is 0. The van der Waals surface area contributed by atoms with E-state index >= 15 is 0 Å². The number of hydrogen-bond donors (Lipinski definition) is 1. The van der Waals surface area contributed by atoms with Gasteiger partial charge in [-0.05, 0) is 49.8 Å². The zero-order valence-corrected chi connectivity index (χ0v) is 19.7. The molecule has 0 unspecified atom stereocenters. The fourth-order valence-corrected chi connectivity index (χ4v) is 6.54. The van der Waals surface area contributed by atoms with Crippen LogP contribution in [0.2, 0.25) is 0 Å². The average Bonchev–Trinajstić information content (AvgIpc) is 3.63. The maximum atomic E-state index is 13.4. The lowest BCUT2D eigenvalue weighted by Crippen LogP contribution is -2.19. The smallest absolute Gasteiger partial charge is 0.269 e. The number of benzene rings is 1. The van der Waals surface area contributed by atoms with Gasteiger partial charge in [0.2, 0.25) is 0 Å². The molecule has 1 aliphatic rings. The molecular formula is C25H23N7O2S. The third kappa shape index (κ3) is 3.51. The van der Waals surface area contributed by atoms with E-state index < -0.39 is 10.0 Å². The largest absolute Gasteiger partial charge is 0.320 e. The van der Waals surface area contributed by atoms with Crippen molar-refractivity contribution in [2.75, 3.05) is 0 Å². The minimum Gasteiger partial charge on any atom is -0.320 e. The molecular weight excluding hydrogens is 462 g/mol. The Morgan fingerprint density at radius 3 is 2.60 bits per heavy atom. The van der Waals surface area contributed by atoms with Gasteiger partial charge >= 0.3 is 0 Å². The number of hydrogen-bond acceptors (Lipinski definition) is 6. The van der Waals surface area contributed by atoms with Crippen LogP contribution in [0.3, 0.4) is 0 Å². The highest BCUT2D eigenvalue weighted by Crippen LogP contribution is 2.40. The quantitative estimate of drug-likeness (QED) is 0.386. The molecule has 1 saturated carbocycles. The molecule has 9 nitrogen and oxygen atoms in total. The van der Waals surface area contributed by atoms with Gasteiger partial charge in [-0.25, -0.2) is 22.4 Å². The number of nitriles is 1. The lowest BCUT2D eigenvalue weighted by atomic mass is 9.84. The predicted molar refractivity (Wildman–Crippen MR) is 131 cm³/mol. The highest BCUT2D eigenvalue weighted by atomic mass is 32.2. The molecule has 1 fully saturated rings. The first-order valence-electron chi connectivity index (χ1n) is 11.6. The van der Waals surface area contributed by atoms with Gasteiger partial charge in [-0.2, -0.15) is 10.4 Å². The lowest BCUT2D eigenvalue weighted by molar-refractivity contribution is 0.283. The standard InChI is InChI=1S/C25H23N7O2S/c26-12-10-17-6-8-19(9-7-17)32-23-21-11-13-31(35(33,34)20-4-2-1-3-5-20)25(21)27-16-22(23)30-24(32)18-14-28-29-15-18/h1-5,11,13-17,19H,6-10H2,(H,28,29). The van der Waals surface area contributed by atoms with E-state index in [1.54, 1.807) is 48.9 Å². The van der Waals surface area contributed by atoms with Crippen molar-refractivity contribution in [3.63, 3.8) is 0 Å². The first-order chi connectivity index (χ1) is 17.1. The van der Waals surface area contributed by atoms with Crippen molar-refractivity contribution < 1.29 is 8.42 Å². The molecule has 4 heterocycles. The molecule has 10 heteroatoms. The Balaban J connectivity index is 1.54. The fraction of sp³-hybridized carbons (Fsp3) is 0.280. The van der Waals surface area contributed by atoms with E-state index in [0.29, 0.717) is 23.5 Å². The molecule has 1 aliphatic carbocycles. The van der Waals surface area contributed by atoms with Crippen LogP contribution in [-0.2, 0) is 10.0 Å². The number of H-pyrrole nitrogens is 1. The number of pyridine rings is 1. The summed E-state index contributed by atoms with van der Waals surface area (Å²) in [5, 5.41) is 16.8. The van der Waals surface area contributed by atoms with E-state index in [2.05, 4.69) is 25.8 Å². The van der Waals surface area contributed by atoms with Crippen molar-refractivity contribution in [1.82, 2.24) is 28.7 Å². The lowest BCUT2D eigenvalue weighted by Gasteiger charge is -2.29. The molecule has 4 aromatic heterocycles. The summed E-state index contributed by atoms with van der Waals surface area (Å²) < 4.78 is 30.2. The molecule has 0 bridgehead atoms. The minimum atomic E-state index is -3.80. The van der Waals surface area contributed by atoms with Crippen LogP contribution in [0.5, 0.6) is 0 Å². The topological polar surface area (TPSA) is 122 Å². The summed E-state index contributed by atoms with van der Waals surface area (Å²) in [6.07, 6.45) is 11.2. The fourth-order valence-electron chi connectivity index (χ4n) is 5.22. The molecule has 5 aromatic rings. The SMILES string of the molecule is N#CCC1CCC(n2c(-c3cn[nH]c3)nc3cnc4c(ccn4S(=O)(=O)c4ccccc4)c32)CC1. The summed E-state index contributed by atoms with van der Waals surface area (Å²) in [5.74, 6) is 1.20. The van der Waals surface area contributed by atoms with Gasteiger partial charge in [0.05, 0.1) is 34.4 Å². The Hall–Kier alpha value is -3.97. The van der Waals surface area contributed by atoms with Crippen molar-refractivity contribution >= 4 is 32.1 Å². The molecule has 0 radical (unpaired) electrons. The van der Waals surface area contributed by atoms with Crippen LogP contribution in [0.25, 0.3) is 33.5 Å². The number of nitrogens with zero attached hydrogens (tertiary/aromatic N) is 6. The number of imidazole rings is 1. The van der Waals surface area contributed by atoms with Gasteiger partial charge in [0.15, 0.2) is 5.65 Å². The van der Waals surface area contributed by atoms with Crippen LogP contribution >= 0.6 is 0 Å². The molecule has 0 amide bonds. The molecule has 1 aromatic carbocycles. The van der Waals surface area contributed by atoms with Gasteiger partial charge in [-0.3, -0.25) is 5.10 Å². The van der Waals surface area contributed by atoms with Gasteiger partial charge in [0, 0.05) is 30.2 Å². The third-order valence-electron chi connectivity index (χ3n) is 6.95. The number of aromatic nitrogens is 6. The zero-order chi connectivity index (χ0) is 24.0. The number of rotatable bonds is 5. The second kappa shape index (κ2) is 8.36. The van der Waals surface area contributed by atoms with Crippen molar-refractivity contribution in [2.45, 2.75) is 43.0 Å². The van der Waals surface area contributed by atoms with E-state index in [9.17, 15) is 8.42 Å². The van der Waals surface area contributed by atoms with Crippen LogP contribution < -0.4 is 0 Å². The van der Waals surface area contributed by atoms with Crippen molar-refractivity contribution in [3.05, 3.63) is 61.2 Å². The summed E-state index contributed by atoms with van der Waals surface area (Å²) in [7, 11) is -3.80. The molecule has 176 valence electrons. The second-order valence-electron chi connectivity index (χ2n) is 8.99.